The topological polar surface area (TPSA) is 96.0 Å². The van der Waals surface area contributed by atoms with Gasteiger partial charge in [0, 0.05) is 19.5 Å². The van der Waals surface area contributed by atoms with Crippen molar-refractivity contribution in [3.8, 4) is 5.75 Å². The van der Waals surface area contributed by atoms with E-state index in [0.717, 1.165) is 27.6 Å². The largest absolute Gasteiger partial charge is 0.497 e. The normalized spacial score (nSPS) is 11.8. The van der Waals surface area contributed by atoms with Crippen molar-refractivity contribution < 1.29 is 27.1 Å². The van der Waals surface area contributed by atoms with E-state index in [1.165, 1.54) is 36.3 Å². The van der Waals surface area contributed by atoms with E-state index in [1.807, 2.05) is 50.2 Å². The van der Waals surface area contributed by atoms with Gasteiger partial charge in [-0.3, -0.25) is 13.9 Å². The molecule has 0 fully saturated rings. The summed E-state index contributed by atoms with van der Waals surface area (Å²) in [6.07, 6.45) is 0.897. The van der Waals surface area contributed by atoms with Crippen molar-refractivity contribution in [1.82, 2.24) is 10.2 Å². The highest BCUT2D eigenvalue weighted by molar-refractivity contribution is 7.92. The zero-order valence-electron chi connectivity index (χ0n) is 25.6. The Kier molecular flexibility index (Phi) is 11.3. The first-order chi connectivity index (χ1) is 21.6. The summed E-state index contributed by atoms with van der Waals surface area (Å²) in [4.78, 5) is 29.5. The van der Waals surface area contributed by atoms with Gasteiger partial charge in [0.05, 0.1) is 17.7 Å². The van der Waals surface area contributed by atoms with E-state index < -0.39 is 34.3 Å². The van der Waals surface area contributed by atoms with Crippen molar-refractivity contribution in [3.63, 3.8) is 0 Å². The maximum atomic E-state index is 14.4. The Bertz CT molecular complexity index is 1680. The van der Waals surface area contributed by atoms with Crippen LogP contribution in [0.2, 0.25) is 0 Å². The van der Waals surface area contributed by atoms with Gasteiger partial charge >= 0.3 is 0 Å². The van der Waals surface area contributed by atoms with Crippen molar-refractivity contribution in [1.29, 1.82) is 0 Å². The molecule has 0 spiro atoms. The lowest BCUT2D eigenvalue weighted by atomic mass is 10.0. The summed E-state index contributed by atoms with van der Waals surface area (Å²) in [6, 6.07) is 26.7. The number of aryl methyl sites for hydroxylation is 1. The van der Waals surface area contributed by atoms with E-state index >= 15 is 0 Å². The number of halogens is 1. The van der Waals surface area contributed by atoms with Gasteiger partial charge in [-0.1, -0.05) is 67.1 Å². The highest BCUT2D eigenvalue weighted by atomic mass is 32.2. The van der Waals surface area contributed by atoms with Crippen LogP contribution in [0.1, 0.15) is 30.0 Å². The van der Waals surface area contributed by atoms with Crippen LogP contribution in [0.4, 0.5) is 10.1 Å². The molecule has 0 aliphatic heterocycles. The highest BCUT2D eigenvalue weighted by Gasteiger charge is 2.34. The number of ether oxygens (including phenoxy) is 1. The standard InChI is InChI=1S/C35H38FN3O5S/c1-4-21-37-35(41)33(23-27-9-6-5-7-10-27)38(24-28-11-8-12-31(22-28)44-3)34(40)25-39(30-17-15-29(36)16-18-30)45(42,43)32-19-13-26(2)14-20-32/h5-20,22,33H,4,21,23-25H2,1-3H3,(H,37,41)/t33-/m0/s1. The number of methoxy groups -OCH3 is 1. The summed E-state index contributed by atoms with van der Waals surface area (Å²) in [5, 5.41) is 2.92. The number of anilines is 1. The SMILES string of the molecule is CCCNC(=O)[C@H](Cc1ccccc1)N(Cc1cccc(OC)c1)C(=O)CN(c1ccc(F)cc1)S(=O)(=O)c1ccc(C)cc1. The van der Waals surface area contributed by atoms with E-state index in [4.69, 9.17) is 4.74 Å². The Morgan fingerprint density at radius 2 is 1.56 bits per heavy atom. The number of hydrogen-bond acceptors (Lipinski definition) is 5. The monoisotopic (exact) mass is 631 g/mol. The van der Waals surface area contributed by atoms with Gasteiger partial charge in [-0.05, 0) is 73.0 Å². The van der Waals surface area contributed by atoms with Gasteiger partial charge in [0.25, 0.3) is 10.0 Å². The Balaban J connectivity index is 1.80. The Morgan fingerprint density at radius 1 is 0.889 bits per heavy atom. The van der Waals surface area contributed by atoms with Crippen LogP contribution < -0.4 is 14.4 Å². The molecular weight excluding hydrogens is 593 g/mol. The second-order valence-electron chi connectivity index (χ2n) is 10.7. The van der Waals surface area contributed by atoms with E-state index in [1.54, 1.807) is 30.3 Å². The summed E-state index contributed by atoms with van der Waals surface area (Å²) in [7, 11) is -2.74. The molecule has 45 heavy (non-hydrogen) atoms. The number of nitrogens with one attached hydrogen (secondary N) is 1. The zero-order chi connectivity index (χ0) is 32.4. The van der Waals surface area contributed by atoms with Crippen LogP contribution in [-0.4, -0.2) is 51.4 Å². The average Bonchev–Trinajstić information content (AvgIpc) is 3.05. The minimum absolute atomic E-state index is 0.00884. The summed E-state index contributed by atoms with van der Waals surface area (Å²) < 4.78 is 48.3. The number of amides is 2. The lowest BCUT2D eigenvalue weighted by molar-refractivity contribution is -0.140. The first-order valence-corrected chi connectivity index (χ1v) is 16.2. The Morgan fingerprint density at radius 3 is 2.20 bits per heavy atom. The third-order valence-corrected chi connectivity index (χ3v) is 9.10. The van der Waals surface area contributed by atoms with Crippen molar-refractivity contribution in [2.45, 2.75) is 44.2 Å². The van der Waals surface area contributed by atoms with Gasteiger partial charge in [-0.25, -0.2) is 12.8 Å². The number of carbonyl (C=O) groups excluding carboxylic acids is 2. The van der Waals surface area contributed by atoms with E-state index in [0.29, 0.717) is 24.3 Å². The van der Waals surface area contributed by atoms with Crippen LogP contribution in [0, 0.1) is 12.7 Å². The summed E-state index contributed by atoms with van der Waals surface area (Å²) in [6.45, 7) is 3.56. The average molecular weight is 632 g/mol. The third kappa shape index (κ3) is 8.69. The second kappa shape index (κ2) is 15.3. The van der Waals surface area contributed by atoms with Crippen LogP contribution in [0.15, 0.2) is 108 Å². The van der Waals surface area contributed by atoms with Crippen molar-refractivity contribution >= 4 is 27.5 Å². The lowest BCUT2D eigenvalue weighted by Gasteiger charge is -2.34. The van der Waals surface area contributed by atoms with Crippen molar-refractivity contribution in [2.75, 3.05) is 24.5 Å². The molecule has 0 saturated heterocycles. The zero-order valence-corrected chi connectivity index (χ0v) is 26.5. The van der Waals surface area contributed by atoms with E-state index in [9.17, 15) is 22.4 Å². The summed E-state index contributed by atoms with van der Waals surface area (Å²) >= 11 is 0. The molecule has 0 aliphatic rings. The molecule has 0 bridgehead atoms. The molecule has 4 aromatic rings. The smallest absolute Gasteiger partial charge is 0.264 e. The molecule has 0 unspecified atom stereocenters. The molecule has 1 atom stereocenters. The van der Waals surface area contributed by atoms with Crippen molar-refractivity contribution in [2.24, 2.45) is 0 Å². The molecule has 1 N–H and O–H groups in total. The van der Waals surface area contributed by atoms with Gasteiger partial charge < -0.3 is 15.0 Å². The Hall–Kier alpha value is -4.70. The lowest BCUT2D eigenvalue weighted by Crippen LogP contribution is -2.53. The maximum absolute atomic E-state index is 14.4. The van der Waals surface area contributed by atoms with Crippen LogP contribution in [0.5, 0.6) is 5.75 Å². The molecule has 236 valence electrons. The van der Waals surface area contributed by atoms with E-state index in [-0.39, 0.29) is 29.5 Å². The van der Waals surface area contributed by atoms with Crippen LogP contribution in [-0.2, 0) is 32.6 Å². The molecule has 0 aromatic heterocycles. The maximum Gasteiger partial charge on any atom is 0.264 e. The van der Waals surface area contributed by atoms with Gasteiger partial charge in [-0.15, -0.1) is 0 Å². The first kappa shape index (κ1) is 33.2. The van der Waals surface area contributed by atoms with Gasteiger partial charge in [0.15, 0.2) is 0 Å². The molecule has 0 radical (unpaired) electrons. The van der Waals surface area contributed by atoms with Crippen molar-refractivity contribution in [3.05, 3.63) is 126 Å². The molecule has 4 aromatic carbocycles. The molecule has 0 saturated carbocycles. The summed E-state index contributed by atoms with van der Waals surface area (Å²) in [5.74, 6) is -0.935. The fourth-order valence-electron chi connectivity index (χ4n) is 4.86. The van der Waals surface area contributed by atoms with Gasteiger partial charge in [-0.2, -0.15) is 0 Å². The number of carbonyl (C=O) groups is 2. The predicted molar refractivity (Wildman–Crippen MR) is 173 cm³/mol. The molecule has 8 nitrogen and oxygen atoms in total. The minimum Gasteiger partial charge on any atom is -0.497 e. The minimum atomic E-state index is -4.27. The number of sulfonamides is 1. The molecule has 4 rings (SSSR count). The number of benzene rings is 4. The number of nitrogens with zero attached hydrogens (tertiary/aromatic N) is 2. The third-order valence-electron chi connectivity index (χ3n) is 7.31. The first-order valence-electron chi connectivity index (χ1n) is 14.7. The molecule has 10 heteroatoms. The Labute approximate surface area is 264 Å². The predicted octanol–water partition coefficient (Wildman–Crippen LogP) is 5.50. The number of hydrogen-bond donors (Lipinski definition) is 1. The fourth-order valence-corrected chi connectivity index (χ4v) is 6.28. The molecule has 0 aliphatic carbocycles. The fraction of sp³-hybridized carbons (Fsp3) is 0.257. The van der Waals surface area contributed by atoms with E-state index in [2.05, 4.69) is 5.32 Å². The van der Waals surface area contributed by atoms with Gasteiger partial charge in [0.1, 0.15) is 24.2 Å². The quantitative estimate of drug-likeness (QED) is 0.198. The van der Waals surface area contributed by atoms with Crippen LogP contribution >= 0.6 is 0 Å². The number of rotatable bonds is 14. The second-order valence-corrected chi connectivity index (χ2v) is 12.5. The summed E-state index contributed by atoms with van der Waals surface area (Å²) in [5.41, 5.74) is 2.51. The highest BCUT2D eigenvalue weighted by Crippen LogP contribution is 2.26. The molecule has 0 heterocycles. The molecular formula is C35H38FN3O5S. The molecule has 2 amide bonds. The van der Waals surface area contributed by atoms with Crippen LogP contribution in [0.3, 0.4) is 0 Å². The van der Waals surface area contributed by atoms with Crippen LogP contribution in [0.25, 0.3) is 0 Å². The van der Waals surface area contributed by atoms with Gasteiger partial charge in [0.2, 0.25) is 11.8 Å².